The van der Waals surface area contributed by atoms with Gasteiger partial charge in [-0.25, -0.2) is 0 Å². The number of hydrogen-bond acceptors (Lipinski definition) is 5. The number of carbonyl (C=O) groups excluding carboxylic acids is 1. The zero-order valence-electron chi connectivity index (χ0n) is 15.6. The first-order valence-corrected chi connectivity index (χ1v) is 8.87. The molecule has 2 aromatic heterocycles. The summed E-state index contributed by atoms with van der Waals surface area (Å²) in [5.41, 5.74) is 4.00. The molecular weight excluding hydrogens is 318 g/mol. The van der Waals surface area contributed by atoms with Crippen molar-refractivity contribution in [2.75, 3.05) is 32.7 Å². The quantitative estimate of drug-likeness (QED) is 0.821. The van der Waals surface area contributed by atoms with E-state index in [-0.39, 0.29) is 5.91 Å². The summed E-state index contributed by atoms with van der Waals surface area (Å²) in [5.74, 6) is 0.905. The van der Waals surface area contributed by atoms with Crippen LogP contribution in [-0.2, 0) is 17.8 Å². The molecule has 7 heteroatoms. The van der Waals surface area contributed by atoms with Gasteiger partial charge in [0.2, 0.25) is 5.91 Å². The number of hydrogen-bond donors (Lipinski definition) is 0. The Morgan fingerprint density at radius 1 is 1.12 bits per heavy atom. The number of rotatable bonds is 5. The molecule has 0 bridgehead atoms. The van der Waals surface area contributed by atoms with E-state index in [0.29, 0.717) is 6.42 Å². The second kappa shape index (κ2) is 7.39. The smallest absolute Gasteiger partial charge is 0.227 e. The van der Waals surface area contributed by atoms with E-state index < -0.39 is 0 Å². The Morgan fingerprint density at radius 2 is 1.84 bits per heavy atom. The molecule has 0 spiro atoms. The van der Waals surface area contributed by atoms with Gasteiger partial charge in [-0.2, -0.15) is 5.10 Å². The molecule has 0 aromatic carbocycles. The summed E-state index contributed by atoms with van der Waals surface area (Å²) in [7, 11) is 0. The van der Waals surface area contributed by atoms with Crippen LogP contribution in [0.1, 0.15) is 28.4 Å². The normalized spacial score (nSPS) is 15.8. The summed E-state index contributed by atoms with van der Waals surface area (Å²) in [4.78, 5) is 16.9. The summed E-state index contributed by atoms with van der Waals surface area (Å²) in [6.07, 6.45) is 0.382. The Balaban J connectivity index is 1.46. The minimum Gasteiger partial charge on any atom is -0.361 e. The van der Waals surface area contributed by atoms with E-state index in [0.717, 1.165) is 62.0 Å². The fourth-order valence-corrected chi connectivity index (χ4v) is 3.38. The van der Waals surface area contributed by atoms with E-state index in [1.165, 1.54) is 5.69 Å². The number of aromatic nitrogens is 3. The third kappa shape index (κ3) is 4.10. The molecule has 0 atom stereocenters. The van der Waals surface area contributed by atoms with Crippen molar-refractivity contribution in [1.82, 2.24) is 24.7 Å². The lowest BCUT2D eigenvalue weighted by molar-refractivity contribution is -0.132. The summed E-state index contributed by atoms with van der Waals surface area (Å²) < 4.78 is 7.21. The molecule has 1 aliphatic heterocycles. The van der Waals surface area contributed by atoms with Crippen LogP contribution < -0.4 is 0 Å². The Labute approximate surface area is 148 Å². The van der Waals surface area contributed by atoms with E-state index in [4.69, 9.17) is 4.52 Å². The first kappa shape index (κ1) is 17.7. The average Bonchev–Trinajstić information content (AvgIpc) is 3.08. The van der Waals surface area contributed by atoms with Crippen molar-refractivity contribution < 1.29 is 9.32 Å². The van der Waals surface area contributed by atoms with Crippen LogP contribution in [0.15, 0.2) is 10.6 Å². The molecule has 0 unspecified atom stereocenters. The van der Waals surface area contributed by atoms with E-state index in [2.05, 4.69) is 32.8 Å². The molecule has 25 heavy (non-hydrogen) atoms. The monoisotopic (exact) mass is 345 g/mol. The molecule has 0 radical (unpaired) electrons. The number of aryl methyl sites for hydroxylation is 4. The highest BCUT2D eigenvalue weighted by molar-refractivity contribution is 5.79. The lowest BCUT2D eigenvalue weighted by Crippen LogP contribution is -2.49. The second-order valence-corrected chi connectivity index (χ2v) is 6.85. The highest BCUT2D eigenvalue weighted by Gasteiger charge is 2.23. The lowest BCUT2D eigenvalue weighted by Gasteiger charge is -2.34. The molecule has 0 N–H and O–H groups in total. The van der Waals surface area contributed by atoms with Gasteiger partial charge in [0.25, 0.3) is 0 Å². The van der Waals surface area contributed by atoms with Crippen LogP contribution in [0, 0.1) is 27.7 Å². The second-order valence-electron chi connectivity index (χ2n) is 6.85. The summed E-state index contributed by atoms with van der Waals surface area (Å²) >= 11 is 0. The van der Waals surface area contributed by atoms with Crippen molar-refractivity contribution >= 4 is 5.91 Å². The Kier molecular flexibility index (Phi) is 5.22. The van der Waals surface area contributed by atoms with Gasteiger partial charge in [0.05, 0.1) is 24.4 Å². The molecule has 1 aliphatic rings. The highest BCUT2D eigenvalue weighted by atomic mass is 16.5. The first-order chi connectivity index (χ1) is 11.9. The number of carbonyl (C=O) groups is 1. The molecule has 0 saturated carbocycles. The Morgan fingerprint density at radius 3 is 2.40 bits per heavy atom. The van der Waals surface area contributed by atoms with Crippen LogP contribution >= 0.6 is 0 Å². The Bertz CT molecular complexity index is 721. The molecule has 136 valence electrons. The van der Waals surface area contributed by atoms with Gasteiger partial charge in [-0.3, -0.25) is 14.4 Å². The molecule has 1 fully saturated rings. The minimum atomic E-state index is 0.160. The maximum Gasteiger partial charge on any atom is 0.227 e. The van der Waals surface area contributed by atoms with Crippen LogP contribution in [0.25, 0.3) is 0 Å². The summed E-state index contributed by atoms with van der Waals surface area (Å²) in [6, 6.07) is 2.10. The fourth-order valence-electron chi connectivity index (χ4n) is 3.38. The van der Waals surface area contributed by atoms with Crippen molar-refractivity contribution in [3.05, 3.63) is 34.5 Å². The van der Waals surface area contributed by atoms with E-state index in [1.807, 2.05) is 25.7 Å². The first-order valence-electron chi connectivity index (χ1n) is 8.87. The molecule has 3 heterocycles. The third-order valence-electron chi connectivity index (χ3n) is 4.97. The van der Waals surface area contributed by atoms with Crippen LogP contribution in [0.2, 0.25) is 0 Å². The molecular formula is C18H27N5O2. The van der Waals surface area contributed by atoms with Crippen molar-refractivity contribution in [2.45, 2.75) is 40.7 Å². The van der Waals surface area contributed by atoms with Crippen molar-refractivity contribution in [3.63, 3.8) is 0 Å². The van der Waals surface area contributed by atoms with E-state index in [1.54, 1.807) is 0 Å². The van der Waals surface area contributed by atoms with Gasteiger partial charge in [0.1, 0.15) is 5.76 Å². The third-order valence-corrected chi connectivity index (χ3v) is 4.97. The Hall–Kier alpha value is -2.15. The predicted molar refractivity (Wildman–Crippen MR) is 94.4 cm³/mol. The maximum atomic E-state index is 12.5. The average molecular weight is 345 g/mol. The SMILES string of the molecule is Cc1cc(C)n(CCN2CCN(C(=O)Cc3c(C)noc3C)CC2)n1. The molecule has 1 saturated heterocycles. The molecule has 7 nitrogen and oxygen atoms in total. The van der Waals surface area contributed by atoms with Crippen LogP contribution in [-0.4, -0.2) is 63.4 Å². The van der Waals surface area contributed by atoms with Gasteiger partial charge < -0.3 is 9.42 Å². The lowest BCUT2D eigenvalue weighted by atomic mass is 10.1. The van der Waals surface area contributed by atoms with Gasteiger partial charge in [-0.15, -0.1) is 0 Å². The van der Waals surface area contributed by atoms with Gasteiger partial charge in [-0.1, -0.05) is 5.16 Å². The molecule has 3 rings (SSSR count). The summed E-state index contributed by atoms with van der Waals surface area (Å²) in [5, 5.41) is 8.43. The van der Waals surface area contributed by atoms with Gasteiger partial charge in [0.15, 0.2) is 0 Å². The van der Waals surface area contributed by atoms with E-state index >= 15 is 0 Å². The van der Waals surface area contributed by atoms with Gasteiger partial charge in [-0.05, 0) is 33.8 Å². The fraction of sp³-hybridized carbons (Fsp3) is 0.611. The van der Waals surface area contributed by atoms with Gasteiger partial charge in [0, 0.05) is 44.0 Å². The highest BCUT2D eigenvalue weighted by Crippen LogP contribution is 2.15. The standard InChI is InChI=1S/C18H27N5O2/c1-13-11-14(2)23(19-13)10-7-21-5-8-22(9-6-21)18(24)12-17-15(3)20-25-16(17)4/h11H,5-10,12H2,1-4H3. The van der Waals surface area contributed by atoms with Crippen LogP contribution in [0.4, 0.5) is 0 Å². The number of nitrogens with zero attached hydrogens (tertiary/aromatic N) is 5. The number of piperazine rings is 1. The van der Waals surface area contributed by atoms with Gasteiger partial charge >= 0.3 is 0 Å². The molecule has 2 aromatic rings. The van der Waals surface area contributed by atoms with Crippen LogP contribution in [0.5, 0.6) is 0 Å². The maximum absolute atomic E-state index is 12.5. The van der Waals surface area contributed by atoms with Crippen molar-refractivity contribution in [1.29, 1.82) is 0 Å². The number of amides is 1. The minimum absolute atomic E-state index is 0.160. The van der Waals surface area contributed by atoms with Crippen LogP contribution in [0.3, 0.4) is 0 Å². The zero-order valence-corrected chi connectivity index (χ0v) is 15.6. The molecule has 0 aliphatic carbocycles. The van der Waals surface area contributed by atoms with Crippen molar-refractivity contribution in [3.8, 4) is 0 Å². The topological polar surface area (TPSA) is 67.4 Å². The van der Waals surface area contributed by atoms with E-state index in [9.17, 15) is 4.79 Å². The summed E-state index contributed by atoms with van der Waals surface area (Å²) in [6.45, 7) is 13.1. The largest absolute Gasteiger partial charge is 0.361 e. The zero-order chi connectivity index (χ0) is 18.0. The molecule has 1 amide bonds. The predicted octanol–water partition coefficient (Wildman–Crippen LogP) is 1.49. The van der Waals surface area contributed by atoms with Crippen molar-refractivity contribution in [2.24, 2.45) is 0 Å².